The van der Waals surface area contributed by atoms with Gasteiger partial charge in [-0.1, -0.05) is 27.2 Å². The third kappa shape index (κ3) is 2.05. The average molecular weight is 196 g/mol. The molecule has 0 aromatic heterocycles. The predicted molar refractivity (Wildman–Crippen MR) is 56.0 cm³/mol. The molecule has 0 aromatic carbocycles. The van der Waals surface area contributed by atoms with Gasteiger partial charge in [-0.05, 0) is 19.8 Å². The van der Waals surface area contributed by atoms with Gasteiger partial charge in [0.05, 0.1) is 0 Å². The van der Waals surface area contributed by atoms with Crippen molar-refractivity contribution in [2.24, 2.45) is 10.8 Å². The highest BCUT2D eigenvalue weighted by Crippen LogP contribution is 2.44. The van der Waals surface area contributed by atoms with Gasteiger partial charge in [-0.15, -0.1) is 0 Å². The molecule has 0 N–H and O–H groups in total. The zero-order valence-electron chi connectivity index (χ0n) is 9.64. The second-order valence-corrected chi connectivity index (χ2v) is 5.51. The molecule has 1 aliphatic carbocycles. The second kappa shape index (κ2) is 3.48. The normalized spacial score (nSPS) is 31.6. The van der Waals surface area contributed by atoms with Crippen LogP contribution in [0.4, 0.5) is 0 Å². The van der Waals surface area contributed by atoms with Crippen molar-refractivity contribution in [3.8, 4) is 0 Å². The van der Waals surface area contributed by atoms with Gasteiger partial charge in [0.15, 0.2) is 0 Å². The van der Waals surface area contributed by atoms with Gasteiger partial charge in [0.2, 0.25) is 0 Å². The van der Waals surface area contributed by atoms with Gasteiger partial charge >= 0.3 is 0 Å². The van der Waals surface area contributed by atoms with Crippen molar-refractivity contribution in [1.29, 1.82) is 0 Å². The van der Waals surface area contributed by atoms with Crippen LogP contribution in [0, 0.1) is 10.8 Å². The molecule has 1 fully saturated rings. The summed E-state index contributed by atoms with van der Waals surface area (Å²) in [6.45, 7) is 7.50. The Bertz CT molecular complexity index is 265. The first kappa shape index (κ1) is 11.4. The maximum Gasteiger partial charge on any atom is 0.144 e. The quantitative estimate of drug-likeness (QED) is 0.680. The molecule has 2 heteroatoms. The minimum absolute atomic E-state index is 0.124. The molecule has 1 rings (SSSR count). The molecule has 2 nitrogen and oxygen atoms in total. The standard InChI is InChI=1S/C12H20O2/c1-9(13)8-12(4)7-5-6-11(2,3)10(12)14/h5-8H2,1-4H3/t12-/m0/s1. The Balaban J connectivity index is 2.88. The zero-order chi connectivity index (χ0) is 11.0. The number of hydrogen-bond donors (Lipinski definition) is 0. The van der Waals surface area contributed by atoms with E-state index in [-0.39, 0.29) is 17.0 Å². The minimum atomic E-state index is -0.395. The van der Waals surface area contributed by atoms with E-state index in [1.165, 1.54) is 0 Å². The molecule has 0 bridgehead atoms. The Kier molecular flexibility index (Phi) is 2.84. The lowest BCUT2D eigenvalue weighted by Crippen LogP contribution is -2.43. The summed E-state index contributed by atoms with van der Waals surface area (Å²) in [5.74, 6) is 0.394. The monoisotopic (exact) mass is 196 g/mol. The van der Waals surface area contributed by atoms with Crippen molar-refractivity contribution in [3.05, 3.63) is 0 Å². The fourth-order valence-corrected chi connectivity index (χ4v) is 2.68. The van der Waals surface area contributed by atoms with Crippen molar-refractivity contribution >= 4 is 11.6 Å². The predicted octanol–water partition coefficient (Wildman–Crippen LogP) is 2.75. The third-order valence-corrected chi connectivity index (χ3v) is 3.33. The minimum Gasteiger partial charge on any atom is -0.300 e. The number of rotatable bonds is 2. The molecule has 0 heterocycles. The van der Waals surface area contributed by atoms with Crippen LogP contribution in [0.5, 0.6) is 0 Å². The van der Waals surface area contributed by atoms with Crippen LogP contribution < -0.4 is 0 Å². The second-order valence-electron chi connectivity index (χ2n) is 5.51. The van der Waals surface area contributed by atoms with Crippen LogP contribution in [0.15, 0.2) is 0 Å². The van der Waals surface area contributed by atoms with E-state index < -0.39 is 5.41 Å². The van der Waals surface area contributed by atoms with Crippen molar-refractivity contribution in [3.63, 3.8) is 0 Å². The molecule has 1 atom stereocenters. The third-order valence-electron chi connectivity index (χ3n) is 3.33. The van der Waals surface area contributed by atoms with Crippen LogP contribution in [0.2, 0.25) is 0 Å². The first-order valence-corrected chi connectivity index (χ1v) is 5.32. The summed E-state index contributed by atoms with van der Waals surface area (Å²) in [6, 6.07) is 0. The van der Waals surface area contributed by atoms with Crippen LogP contribution in [0.1, 0.15) is 53.4 Å². The zero-order valence-corrected chi connectivity index (χ0v) is 9.64. The lowest BCUT2D eigenvalue weighted by atomic mass is 9.62. The summed E-state index contributed by atoms with van der Waals surface area (Å²) in [4.78, 5) is 23.3. The van der Waals surface area contributed by atoms with E-state index in [4.69, 9.17) is 0 Å². The lowest BCUT2D eigenvalue weighted by Gasteiger charge is -2.40. The number of ketones is 2. The molecule has 0 aromatic rings. The Morgan fingerprint density at radius 2 is 1.86 bits per heavy atom. The van der Waals surface area contributed by atoms with Gasteiger partial charge in [0.25, 0.3) is 0 Å². The number of carbonyl (C=O) groups excluding carboxylic acids is 2. The molecule has 14 heavy (non-hydrogen) atoms. The highest BCUT2D eigenvalue weighted by Gasteiger charge is 2.45. The highest BCUT2D eigenvalue weighted by molar-refractivity contribution is 5.93. The van der Waals surface area contributed by atoms with Crippen LogP contribution in [0.3, 0.4) is 0 Å². The maximum absolute atomic E-state index is 12.2. The summed E-state index contributed by atoms with van der Waals surface area (Å²) in [5.41, 5.74) is -0.629. The summed E-state index contributed by atoms with van der Waals surface area (Å²) in [5, 5.41) is 0. The molecule has 0 radical (unpaired) electrons. The molecule has 0 saturated heterocycles. The Morgan fingerprint density at radius 3 is 2.36 bits per heavy atom. The maximum atomic E-state index is 12.2. The molecular weight excluding hydrogens is 176 g/mol. The topological polar surface area (TPSA) is 34.1 Å². The van der Waals surface area contributed by atoms with E-state index >= 15 is 0 Å². The van der Waals surface area contributed by atoms with E-state index in [0.29, 0.717) is 6.42 Å². The molecule has 1 saturated carbocycles. The molecule has 1 aliphatic rings. The van der Waals surface area contributed by atoms with Crippen molar-refractivity contribution in [2.45, 2.75) is 53.4 Å². The van der Waals surface area contributed by atoms with E-state index in [9.17, 15) is 9.59 Å². The molecule has 0 aliphatic heterocycles. The first-order chi connectivity index (χ1) is 6.28. The van der Waals surface area contributed by atoms with Crippen LogP contribution in [0.25, 0.3) is 0 Å². The summed E-state index contributed by atoms with van der Waals surface area (Å²) in [6.07, 6.45) is 3.30. The summed E-state index contributed by atoms with van der Waals surface area (Å²) < 4.78 is 0. The van der Waals surface area contributed by atoms with Crippen LogP contribution in [-0.4, -0.2) is 11.6 Å². The largest absolute Gasteiger partial charge is 0.300 e. The number of hydrogen-bond acceptors (Lipinski definition) is 2. The Labute approximate surface area is 86.1 Å². The van der Waals surface area contributed by atoms with E-state index in [0.717, 1.165) is 19.3 Å². The molecule has 0 spiro atoms. The van der Waals surface area contributed by atoms with Gasteiger partial charge < -0.3 is 0 Å². The fourth-order valence-electron chi connectivity index (χ4n) is 2.68. The Hall–Kier alpha value is -0.660. The van der Waals surface area contributed by atoms with Crippen LogP contribution >= 0.6 is 0 Å². The van der Waals surface area contributed by atoms with Crippen LogP contribution in [-0.2, 0) is 9.59 Å². The van der Waals surface area contributed by atoms with Crippen molar-refractivity contribution in [2.75, 3.05) is 0 Å². The van der Waals surface area contributed by atoms with Gasteiger partial charge in [-0.25, -0.2) is 0 Å². The van der Waals surface area contributed by atoms with E-state index in [1.54, 1.807) is 6.92 Å². The van der Waals surface area contributed by atoms with Gasteiger partial charge in [-0.3, -0.25) is 9.59 Å². The highest BCUT2D eigenvalue weighted by atomic mass is 16.1. The van der Waals surface area contributed by atoms with E-state index in [2.05, 4.69) is 0 Å². The molecule has 0 unspecified atom stereocenters. The molecule has 80 valence electrons. The average Bonchev–Trinajstić information content (AvgIpc) is 1.98. The number of Topliss-reactive ketones (excluding diaryl/α,β-unsaturated/α-hetero) is 2. The summed E-state index contributed by atoms with van der Waals surface area (Å²) in [7, 11) is 0. The van der Waals surface area contributed by atoms with Gasteiger partial charge in [0.1, 0.15) is 11.6 Å². The summed E-state index contributed by atoms with van der Waals surface area (Å²) >= 11 is 0. The SMILES string of the molecule is CC(=O)C[C@]1(C)CCCC(C)(C)C1=O. The fraction of sp³-hybridized carbons (Fsp3) is 0.833. The van der Waals surface area contributed by atoms with E-state index in [1.807, 2.05) is 20.8 Å². The van der Waals surface area contributed by atoms with Gasteiger partial charge in [-0.2, -0.15) is 0 Å². The molecule has 0 amide bonds. The number of carbonyl (C=O) groups is 2. The molecular formula is C12H20O2. The van der Waals surface area contributed by atoms with Crippen molar-refractivity contribution < 1.29 is 9.59 Å². The Morgan fingerprint density at radius 1 is 1.29 bits per heavy atom. The van der Waals surface area contributed by atoms with Gasteiger partial charge in [0, 0.05) is 17.3 Å². The first-order valence-electron chi connectivity index (χ1n) is 5.32. The lowest BCUT2D eigenvalue weighted by molar-refractivity contribution is -0.143. The van der Waals surface area contributed by atoms with Crippen molar-refractivity contribution in [1.82, 2.24) is 0 Å². The smallest absolute Gasteiger partial charge is 0.144 e.